The Morgan fingerprint density at radius 3 is 1.03 bits per heavy atom. The first-order valence-electron chi connectivity index (χ1n) is 27.0. The van der Waals surface area contributed by atoms with Gasteiger partial charge in [-0.25, -0.2) is 0 Å². The van der Waals surface area contributed by atoms with E-state index in [0.29, 0.717) is 19.3 Å². The van der Waals surface area contributed by atoms with Crippen LogP contribution in [-0.2, 0) is 28.6 Å². The van der Waals surface area contributed by atoms with E-state index in [1.807, 2.05) is 6.08 Å². The molecular weight excluding hydrogens is 829 g/mol. The maximum absolute atomic E-state index is 12.8. The van der Waals surface area contributed by atoms with Crippen LogP contribution in [0.15, 0.2) is 122 Å². The summed E-state index contributed by atoms with van der Waals surface area (Å²) < 4.78 is 16.7. The van der Waals surface area contributed by atoms with Crippen molar-refractivity contribution in [3.63, 3.8) is 0 Å². The number of allylic oxidation sites excluding steroid dienone is 20. The van der Waals surface area contributed by atoms with Gasteiger partial charge < -0.3 is 14.2 Å². The molecule has 0 spiro atoms. The fourth-order valence-corrected chi connectivity index (χ4v) is 6.92. The molecule has 0 heterocycles. The lowest BCUT2D eigenvalue weighted by Gasteiger charge is -2.18. The average Bonchev–Trinajstić information content (AvgIpc) is 3.33. The number of esters is 3. The topological polar surface area (TPSA) is 78.9 Å². The summed E-state index contributed by atoms with van der Waals surface area (Å²) >= 11 is 0. The summed E-state index contributed by atoms with van der Waals surface area (Å²) in [6, 6.07) is 0. The predicted molar refractivity (Wildman–Crippen MR) is 288 cm³/mol. The van der Waals surface area contributed by atoms with Gasteiger partial charge >= 0.3 is 17.9 Å². The third-order valence-electron chi connectivity index (χ3n) is 11.0. The summed E-state index contributed by atoms with van der Waals surface area (Å²) in [5.41, 5.74) is 0. The van der Waals surface area contributed by atoms with Crippen molar-refractivity contribution in [1.82, 2.24) is 0 Å². The van der Waals surface area contributed by atoms with E-state index in [-0.39, 0.29) is 37.5 Å². The molecule has 6 nitrogen and oxygen atoms in total. The van der Waals surface area contributed by atoms with Gasteiger partial charge in [0.05, 0.1) is 0 Å². The van der Waals surface area contributed by atoms with Crippen LogP contribution in [-0.4, -0.2) is 37.2 Å². The molecule has 0 aliphatic rings. The van der Waals surface area contributed by atoms with Crippen molar-refractivity contribution >= 4 is 17.9 Å². The molecule has 0 bridgehead atoms. The van der Waals surface area contributed by atoms with Crippen molar-refractivity contribution < 1.29 is 28.6 Å². The number of unbranched alkanes of at least 4 members (excludes halogenated alkanes) is 16. The quantitative estimate of drug-likeness (QED) is 0.0262. The van der Waals surface area contributed by atoms with Gasteiger partial charge in [-0.1, -0.05) is 226 Å². The SMILES string of the molecule is CC/C=C\C/C=C\C/C=C\C/C=C\C/C=C\CCCCCC(=O)OC[C@H](COC(=O)CC/C=C\C/C=C\C/C=C\C/C=C\C/C=C\CCCCC)OC(=O)CCCCCCCCCCCCC. The first kappa shape index (κ1) is 62.8. The normalized spacial score (nSPS) is 13.1. The Labute approximate surface area is 412 Å². The van der Waals surface area contributed by atoms with E-state index >= 15 is 0 Å². The average molecular weight is 927 g/mol. The monoisotopic (exact) mass is 927 g/mol. The fourth-order valence-electron chi connectivity index (χ4n) is 6.92. The molecule has 0 unspecified atom stereocenters. The second-order valence-electron chi connectivity index (χ2n) is 17.4. The molecule has 0 aliphatic heterocycles. The van der Waals surface area contributed by atoms with Crippen LogP contribution < -0.4 is 0 Å². The molecule has 1 atom stereocenters. The van der Waals surface area contributed by atoms with Crippen molar-refractivity contribution in [2.45, 2.75) is 232 Å². The highest BCUT2D eigenvalue weighted by atomic mass is 16.6. The van der Waals surface area contributed by atoms with E-state index in [2.05, 4.69) is 136 Å². The first-order valence-corrected chi connectivity index (χ1v) is 27.0. The molecule has 0 N–H and O–H groups in total. The minimum atomic E-state index is -0.823. The zero-order chi connectivity index (χ0) is 48.6. The van der Waals surface area contributed by atoms with E-state index in [0.717, 1.165) is 103 Å². The molecule has 0 aromatic carbocycles. The minimum Gasteiger partial charge on any atom is -0.462 e. The van der Waals surface area contributed by atoms with Crippen molar-refractivity contribution in [2.75, 3.05) is 13.2 Å². The van der Waals surface area contributed by atoms with E-state index < -0.39 is 6.10 Å². The van der Waals surface area contributed by atoms with Crippen LogP contribution in [0.25, 0.3) is 0 Å². The standard InChI is InChI=1S/C61H98O6/c1-4-7-10-13-16-19-22-24-26-28-30-32-34-36-39-41-44-47-50-53-59(62)65-56-58(67-61(64)55-52-49-46-43-38-21-18-15-12-9-6-3)57-66-60(63)54-51-48-45-42-40-37-35-33-31-29-27-25-23-20-17-14-11-8-5-2/h7,10,16-17,19-20,24-27,30-33,36-37,39-40,45,48,58H,4-6,8-9,11-15,18,21-23,28-29,34-35,38,41-44,46-47,49-57H2,1-3H3/b10-7-,19-16-,20-17-,26-24-,27-25-,32-30-,33-31-,39-36-,40-37-,48-45-/t58-/m1/s1. The van der Waals surface area contributed by atoms with Crippen molar-refractivity contribution in [3.8, 4) is 0 Å². The van der Waals surface area contributed by atoms with Crippen LogP contribution in [0.4, 0.5) is 0 Å². The Bertz CT molecular complexity index is 1440. The maximum Gasteiger partial charge on any atom is 0.306 e. The predicted octanol–water partition coefficient (Wildman–Crippen LogP) is 18.1. The van der Waals surface area contributed by atoms with Gasteiger partial charge in [-0.15, -0.1) is 0 Å². The van der Waals surface area contributed by atoms with Crippen LogP contribution in [0.5, 0.6) is 0 Å². The third kappa shape index (κ3) is 52.6. The molecule has 0 saturated heterocycles. The molecule has 0 aromatic heterocycles. The fraction of sp³-hybridized carbons (Fsp3) is 0.623. The van der Waals surface area contributed by atoms with Crippen molar-refractivity contribution in [1.29, 1.82) is 0 Å². The molecule has 0 amide bonds. The molecule has 0 aliphatic carbocycles. The molecule has 0 saturated carbocycles. The Morgan fingerprint density at radius 2 is 0.612 bits per heavy atom. The van der Waals surface area contributed by atoms with Gasteiger partial charge in [0, 0.05) is 19.3 Å². The minimum absolute atomic E-state index is 0.120. The number of hydrogen-bond acceptors (Lipinski definition) is 6. The lowest BCUT2D eigenvalue weighted by atomic mass is 10.1. The zero-order valence-corrected chi connectivity index (χ0v) is 43.1. The number of ether oxygens (including phenoxy) is 3. The summed E-state index contributed by atoms with van der Waals surface area (Å²) in [4.78, 5) is 38.0. The van der Waals surface area contributed by atoms with E-state index in [4.69, 9.17) is 14.2 Å². The smallest absolute Gasteiger partial charge is 0.306 e. The largest absolute Gasteiger partial charge is 0.462 e. The summed E-state index contributed by atoms with van der Waals surface area (Å²) in [6.45, 7) is 6.38. The number of hydrogen-bond donors (Lipinski definition) is 0. The molecule has 0 fully saturated rings. The summed E-state index contributed by atoms with van der Waals surface area (Å²) in [6.07, 6.45) is 74.8. The molecule has 0 rings (SSSR count). The number of carbonyl (C=O) groups is 3. The second-order valence-corrected chi connectivity index (χ2v) is 17.4. The van der Waals surface area contributed by atoms with Crippen LogP contribution in [0.3, 0.4) is 0 Å². The lowest BCUT2D eigenvalue weighted by molar-refractivity contribution is -0.166. The van der Waals surface area contributed by atoms with Crippen LogP contribution in [0.2, 0.25) is 0 Å². The Morgan fingerprint density at radius 1 is 0.313 bits per heavy atom. The van der Waals surface area contributed by atoms with E-state index in [1.54, 1.807) is 0 Å². The van der Waals surface area contributed by atoms with Crippen LogP contribution in [0.1, 0.15) is 226 Å². The Kier molecular flexibility index (Phi) is 51.0. The van der Waals surface area contributed by atoms with E-state index in [9.17, 15) is 14.4 Å². The van der Waals surface area contributed by atoms with Gasteiger partial charge in [0.1, 0.15) is 13.2 Å². The van der Waals surface area contributed by atoms with E-state index in [1.165, 1.54) is 77.0 Å². The first-order chi connectivity index (χ1) is 33.0. The van der Waals surface area contributed by atoms with Gasteiger partial charge in [0.2, 0.25) is 0 Å². The Hall–Kier alpha value is -4.19. The highest BCUT2D eigenvalue weighted by Gasteiger charge is 2.19. The van der Waals surface area contributed by atoms with Crippen molar-refractivity contribution in [3.05, 3.63) is 122 Å². The molecule has 0 radical (unpaired) electrons. The summed E-state index contributed by atoms with van der Waals surface area (Å²) in [5.74, 6) is -1.04. The van der Waals surface area contributed by atoms with Crippen molar-refractivity contribution in [2.24, 2.45) is 0 Å². The molecule has 67 heavy (non-hydrogen) atoms. The molecule has 6 heteroatoms. The van der Waals surface area contributed by atoms with Gasteiger partial charge in [0.25, 0.3) is 0 Å². The molecular formula is C61H98O6. The van der Waals surface area contributed by atoms with Gasteiger partial charge in [-0.05, 0) is 103 Å². The van der Waals surface area contributed by atoms with Gasteiger partial charge in [0.15, 0.2) is 6.10 Å². The highest BCUT2D eigenvalue weighted by Crippen LogP contribution is 2.13. The van der Waals surface area contributed by atoms with Crippen LogP contribution in [0, 0.1) is 0 Å². The zero-order valence-electron chi connectivity index (χ0n) is 43.1. The number of carbonyl (C=O) groups excluding carboxylic acids is 3. The van der Waals surface area contributed by atoms with Gasteiger partial charge in [-0.3, -0.25) is 14.4 Å². The van der Waals surface area contributed by atoms with Crippen LogP contribution >= 0.6 is 0 Å². The Balaban J connectivity index is 4.53. The lowest BCUT2D eigenvalue weighted by Crippen LogP contribution is -2.30. The second kappa shape index (κ2) is 54.4. The summed E-state index contributed by atoms with van der Waals surface area (Å²) in [7, 11) is 0. The number of rotatable bonds is 47. The maximum atomic E-state index is 12.8. The van der Waals surface area contributed by atoms with Gasteiger partial charge in [-0.2, -0.15) is 0 Å². The third-order valence-corrected chi connectivity index (χ3v) is 11.0. The highest BCUT2D eigenvalue weighted by molar-refractivity contribution is 5.71. The molecule has 378 valence electrons. The summed E-state index contributed by atoms with van der Waals surface area (Å²) in [5, 5.41) is 0. The molecule has 0 aromatic rings.